The van der Waals surface area contributed by atoms with Gasteiger partial charge >= 0.3 is 7.82 Å². The van der Waals surface area contributed by atoms with Gasteiger partial charge in [-0.2, -0.15) is 0 Å². The maximum atomic E-state index is 10.6. The van der Waals surface area contributed by atoms with E-state index in [0.29, 0.717) is 0 Å². The van der Waals surface area contributed by atoms with E-state index in [9.17, 15) is 4.57 Å². The Morgan fingerprint density at radius 1 is 0.311 bits per heavy atom. The highest BCUT2D eigenvalue weighted by molar-refractivity contribution is 14.1. The molecule has 0 rings (SSSR count). The number of rotatable bonds is 40. The van der Waals surface area contributed by atoms with Gasteiger partial charge < -0.3 is 9.79 Å². The topological polar surface area (TPSA) is 66.8 Å². The molecule has 6 heteroatoms. The second kappa shape index (κ2) is 39.3. The Kier molecular flexibility index (Phi) is 40.0. The Morgan fingerprint density at radius 3 is 0.622 bits per heavy atom. The summed E-state index contributed by atoms with van der Waals surface area (Å²) in [5.41, 5.74) is 0. The number of phosphoric acid groups is 1. The van der Waals surface area contributed by atoms with Crippen LogP contribution >= 0.6 is 30.4 Å². The molecule has 4 nitrogen and oxygen atoms in total. The molecule has 45 heavy (non-hydrogen) atoms. The SMILES string of the molecule is O=P(O)(O)OCCCCCCCCCCCCCCCCCCCCCCCCCCCCCCCCCCCCCCCI. The lowest BCUT2D eigenvalue weighted by Gasteiger charge is -2.05. The van der Waals surface area contributed by atoms with Gasteiger partial charge in [-0.1, -0.05) is 247 Å². The highest BCUT2D eigenvalue weighted by atomic mass is 127. The van der Waals surface area contributed by atoms with Crippen LogP contribution in [0.25, 0.3) is 0 Å². The van der Waals surface area contributed by atoms with E-state index in [4.69, 9.17) is 9.79 Å². The number of hydrogen-bond donors (Lipinski definition) is 2. The molecule has 0 aliphatic heterocycles. The molecule has 0 spiro atoms. The summed E-state index contributed by atoms with van der Waals surface area (Å²) in [5, 5.41) is 0. The van der Waals surface area contributed by atoms with Crippen LogP contribution in [0.2, 0.25) is 0 Å². The monoisotopic (exact) mass is 770 g/mol. The smallest absolute Gasteiger partial charge is 0.303 e. The van der Waals surface area contributed by atoms with Gasteiger partial charge in [0.2, 0.25) is 0 Å². The summed E-state index contributed by atoms with van der Waals surface area (Å²) in [5.74, 6) is 0. The number of phosphoric ester groups is 1. The minimum absolute atomic E-state index is 0.171. The summed E-state index contributed by atoms with van der Waals surface area (Å²) < 4.78 is 16.4. The van der Waals surface area contributed by atoms with Crippen molar-refractivity contribution < 1.29 is 18.9 Å². The number of halogens is 1. The van der Waals surface area contributed by atoms with Crippen molar-refractivity contribution in [3.8, 4) is 0 Å². The van der Waals surface area contributed by atoms with Crippen molar-refractivity contribution in [2.75, 3.05) is 11.0 Å². The van der Waals surface area contributed by atoms with E-state index in [1.165, 1.54) is 223 Å². The first kappa shape index (κ1) is 45.8. The largest absolute Gasteiger partial charge is 0.469 e. The third-order valence-electron chi connectivity index (χ3n) is 9.54. The molecule has 0 aromatic heterocycles. The predicted molar refractivity (Wildman–Crippen MR) is 208 cm³/mol. The van der Waals surface area contributed by atoms with E-state index < -0.39 is 7.82 Å². The molecule has 272 valence electrons. The molecule has 0 fully saturated rings. The van der Waals surface area contributed by atoms with Gasteiger partial charge in [-0.05, 0) is 17.3 Å². The maximum Gasteiger partial charge on any atom is 0.469 e. The lowest BCUT2D eigenvalue weighted by molar-refractivity contribution is 0.193. The van der Waals surface area contributed by atoms with Crippen molar-refractivity contribution >= 4 is 30.4 Å². The van der Waals surface area contributed by atoms with Crippen molar-refractivity contribution in [1.29, 1.82) is 0 Å². The van der Waals surface area contributed by atoms with Crippen LogP contribution in [0.15, 0.2) is 0 Å². The standard InChI is InChI=1S/C39H80IO4P/c40-38-36-34-32-30-28-26-24-22-20-18-16-14-12-10-8-6-4-2-1-3-5-7-9-11-13-15-17-19-21-23-25-27-29-31-33-35-37-39-44-45(41,42)43/h1-39H2,(H2,41,42,43). The van der Waals surface area contributed by atoms with Gasteiger partial charge in [-0.15, -0.1) is 0 Å². The molecule has 0 aliphatic rings. The van der Waals surface area contributed by atoms with Crippen molar-refractivity contribution in [3.05, 3.63) is 0 Å². The second-order valence-corrected chi connectivity index (χ2v) is 16.4. The van der Waals surface area contributed by atoms with E-state index in [1.54, 1.807) is 0 Å². The average molecular weight is 771 g/mol. The third-order valence-corrected chi connectivity index (χ3v) is 10.8. The van der Waals surface area contributed by atoms with Gasteiger partial charge in [-0.3, -0.25) is 4.52 Å². The summed E-state index contributed by atoms with van der Waals surface area (Å²) in [4.78, 5) is 17.3. The van der Waals surface area contributed by atoms with E-state index in [-0.39, 0.29) is 6.61 Å². The first-order valence-corrected chi connectivity index (χ1v) is 23.4. The Hall–Kier alpha value is 0.840. The van der Waals surface area contributed by atoms with Crippen LogP contribution in [0.3, 0.4) is 0 Å². The highest BCUT2D eigenvalue weighted by Crippen LogP contribution is 2.35. The van der Waals surface area contributed by atoms with Crippen molar-refractivity contribution in [2.45, 2.75) is 238 Å². The van der Waals surface area contributed by atoms with E-state index in [1.807, 2.05) is 0 Å². The summed E-state index contributed by atoms with van der Waals surface area (Å²) in [6, 6.07) is 0. The fraction of sp³-hybridized carbons (Fsp3) is 1.00. The van der Waals surface area contributed by atoms with Crippen molar-refractivity contribution in [1.82, 2.24) is 0 Å². The number of alkyl halides is 1. The van der Waals surface area contributed by atoms with Crippen LogP contribution in [0, 0.1) is 0 Å². The molecule has 0 amide bonds. The van der Waals surface area contributed by atoms with Crippen molar-refractivity contribution in [3.63, 3.8) is 0 Å². The van der Waals surface area contributed by atoms with Gasteiger partial charge in [0.15, 0.2) is 0 Å². The summed E-state index contributed by atoms with van der Waals surface area (Å²) >= 11 is 2.50. The van der Waals surface area contributed by atoms with Crippen LogP contribution in [-0.4, -0.2) is 20.8 Å². The lowest BCUT2D eigenvalue weighted by atomic mass is 10.0. The maximum absolute atomic E-state index is 10.6. The van der Waals surface area contributed by atoms with Gasteiger partial charge in [0.25, 0.3) is 0 Å². The van der Waals surface area contributed by atoms with Crippen LogP contribution in [-0.2, 0) is 9.09 Å². The minimum Gasteiger partial charge on any atom is -0.303 e. The minimum atomic E-state index is -4.27. The van der Waals surface area contributed by atoms with Crippen LogP contribution in [0.5, 0.6) is 0 Å². The molecule has 0 aliphatic carbocycles. The van der Waals surface area contributed by atoms with Crippen LogP contribution in [0.1, 0.15) is 238 Å². The fourth-order valence-electron chi connectivity index (χ4n) is 6.57. The molecular weight excluding hydrogens is 690 g/mol. The second-order valence-electron chi connectivity index (χ2n) is 14.1. The zero-order valence-electron chi connectivity index (χ0n) is 30.1. The Labute approximate surface area is 296 Å². The van der Waals surface area contributed by atoms with E-state index >= 15 is 0 Å². The zero-order valence-corrected chi connectivity index (χ0v) is 33.2. The first-order chi connectivity index (χ1) is 22.1. The lowest BCUT2D eigenvalue weighted by Crippen LogP contribution is -1.92. The van der Waals surface area contributed by atoms with Crippen molar-refractivity contribution in [2.24, 2.45) is 0 Å². The Bertz CT molecular complexity index is 585. The van der Waals surface area contributed by atoms with Crippen LogP contribution in [0.4, 0.5) is 0 Å². The van der Waals surface area contributed by atoms with Gasteiger partial charge in [0.05, 0.1) is 6.61 Å². The number of hydrogen-bond acceptors (Lipinski definition) is 2. The third kappa shape index (κ3) is 44.8. The molecule has 0 aromatic carbocycles. The van der Waals surface area contributed by atoms with E-state index in [2.05, 4.69) is 27.1 Å². The predicted octanol–water partition coefficient (Wildman–Crippen LogP) is 15.0. The molecule has 0 unspecified atom stereocenters. The highest BCUT2D eigenvalue weighted by Gasteiger charge is 2.12. The molecule has 0 bridgehead atoms. The molecule has 0 radical (unpaired) electrons. The summed E-state index contributed by atoms with van der Waals surface area (Å²) in [6.45, 7) is 0.171. The molecule has 0 saturated carbocycles. The first-order valence-electron chi connectivity index (χ1n) is 20.3. The van der Waals surface area contributed by atoms with Gasteiger partial charge in [-0.25, -0.2) is 4.57 Å². The molecule has 0 atom stereocenters. The Morgan fingerprint density at radius 2 is 0.467 bits per heavy atom. The van der Waals surface area contributed by atoms with Gasteiger partial charge in [0, 0.05) is 0 Å². The Balaban J connectivity index is 3.05. The average Bonchev–Trinajstić information content (AvgIpc) is 3.01. The normalized spacial score (nSPS) is 12.0. The molecule has 0 heterocycles. The molecule has 0 saturated heterocycles. The van der Waals surface area contributed by atoms with Crippen LogP contribution < -0.4 is 0 Å². The van der Waals surface area contributed by atoms with E-state index in [0.717, 1.165) is 19.3 Å². The molecule has 2 N–H and O–H groups in total. The summed E-state index contributed by atoms with van der Waals surface area (Å²) in [6.07, 6.45) is 51.9. The molecular formula is C39H80IO4P. The molecule has 0 aromatic rings. The quantitative estimate of drug-likeness (QED) is 0.0282. The number of unbranched alkanes of at least 4 members (excludes halogenated alkanes) is 36. The zero-order chi connectivity index (χ0) is 32.8. The fourth-order valence-corrected chi connectivity index (χ4v) is 7.47. The van der Waals surface area contributed by atoms with Gasteiger partial charge in [0.1, 0.15) is 0 Å². The summed E-state index contributed by atoms with van der Waals surface area (Å²) in [7, 11) is -4.27.